The van der Waals surface area contributed by atoms with E-state index in [2.05, 4.69) is 20.5 Å². The van der Waals surface area contributed by atoms with Crippen molar-refractivity contribution in [1.82, 2.24) is 0 Å². The van der Waals surface area contributed by atoms with Crippen LogP contribution >= 0.6 is 0 Å². The smallest absolute Gasteiger partial charge is 0.484 e. The molecule has 19 heteroatoms. The van der Waals surface area contributed by atoms with Crippen LogP contribution in [0, 0.1) is 88.4 Å². The summed E-state index contributed by atoms with van der Waals surface area (Å²) in [6, 6.07) is 19.8. The molecule has 0 N–H and O–H groups in total. The van der Waals surface area contributed by atoms with Crippen LogP contribution in [0.25, 0.3) is 6.08 Å². The Morgan fingerprint density at radius 2 is 0.881 bits per heavy atom. The summed E-state index contributed by atoms with van der Waals surface area (Å²) in [6.07, 6.45) is 0.511. The third-order valence-electron chi connectivity index (χ3n) is 8.56. The summed E-state index contributed by atoms with van der Waals surface area (Å²) >= 11 is 0. The summed E-state index contributed by atoms with van der Waals surface area (Å²) in [5.41, 5.74) is 1.35. The van der Waals surface area contributed by atoms with E-state index in [1.165, 1.54) is 18.2 Å². The van der Waals surface area contributed by atoms with Gasteiger partial charge in [0.25, 0.3) is 0 Å². The predicted molar refractivity (Wildman–Crippen MR) is 185 cm³/mol. The fourth-order valence-corrected chi connectivity index (χ4v) is 5.61. The van der Waals surface area contributed by atoms with Crippen molar-refractivity contribution < 1.29 is 75.4 Å². The minimum Gasteiger partial charge on any atom is -0.484 e. The molecule has 0 unspecified atom stereocenters. The first kappa shape index (κ1) is 42.0. The van der Waals surface area contributed by atoms with Crippen molar-refractivity contribution in [2.75, 3.05) is 4.90 Å². The van der Waals surface area contributed by atoms with Crippen LogP contribution in [0.3, 0.4) is 0 Å². The molecule has 4 nitrogen and oxygen atoms in total. The number of rotatable bonds is 12. The highest BCUT2D eigenvalue weighted by Gasteiger charge is 2.42. The monoisotopic (exact) mass is 839 g/mol. The number of benzene rings is 6. The maximum atomic E-state index is 15.9. The molecule has 0 fully saturated rings. The Morgan fingerprint density at radius 3 is 1.31 bits per heavy atom. The molecule has 6 aromatic rings. The molecule has 6 aromatic carbocycles. The number of para-hydroxylation sites is 1. The van der Waals surface area contributed by atoms with Crippen molar-refractivity contribution in [3.63, 3.8) is 0 Å². The Bertz CT molecular complexity index is 2450. The zero-order valence-corrected chi connectivity index (χ0v) is 29.5. The van der Waals surface area contributed by atoms with Crippen LogP contribution in [0.2, 0.25) is 0 Å². The molecule has 0 spiro atoms. The van der Waals surface area contributed by atoms with Crippen molar-refractivity contribution in [2.45, 2.75) is 13.3 Å². The van der Waals surface area contributed by atoms with Crippen LogP contribution in [0.15, 0.2) is 79.4 Å². The standard InChI is InChI=1S/C40H20BF14NO3/c1-3-18-11-12-19(23(15-18)56(20-7-5-4-6-8-20)21-13-9-17(2)10-14-21)16-22-24(42)32(50)38(33(51)25(22)43)57-41(58-39-34(52)28(46)26(44)29(47)35(39)53)59-40-36(54)30(48)27(45)31(49)37(40)55/h3-15H,1,16H2,2H3. The van der Waals surface area contributed by atoms with E-state index < -0.39 is 118 Å². The number of anilines is 3. The van der Waals surface area contributed by atoms with E-state index in [0.717, 1.165) is 5.56 Å². The zero-order valence-electron chi connectivity index (χ0n) is 29.5. The van der Waals surface area contributed by atoms with Crippen molar-refractivity contribution in [3.8, 4) is 17.2 Å². The van der Waals surface area contributed by atoms with E-state index in [1.807, 2.05) is 6.92 Å². The van der Waals surface area contributed by atoms with E-state index in [-0.39, 0.29) is 11.3 Å². The highest BCUT2D eigenvalue weighted by atomic mass is 19.2. The molecule has 0 aromatic heterocycles. The molecule has 0 amide bonds. The molecule has 0 aliphatic rings. The predicted octanol–water partition coefficient (Wildman–Crippen LogP) is 12.2. The fourth-order valence-electron chi connectivity index (χ4n) is 5.61. The quantitative estimate of drug-likeness (QED) is 0.0532. The number of nitrogens with zero attached hydrogens (tertiary/aromatic N) is 1. The van der Waals surface area contributed by atoms with E-state index in [0.29, 0.717) is 16.9 Å². The van der Waals surface area contributed by atoms with Crippen molar-refractivity contribution in [1.29, 1.82) is 0 Å². The minimum atomic E-state index is -3.72. The van der Waals surface area contributed by atoms with Crippen LogP contribution in [0.1, 0.15) is 22.3 Å². The van der Waals surface area contributed by atoms with E-state index >= 15 is 17.6 Å². The van der Waals surface area contributed by atoms with Crippen molar-refractivity contribution in [2.24, 2.45) is 0 Å². The summed E-state index contributed by atoms with van der Waals surface area (Å²) in [6.45, 7) is 5.54. The van der Waals surface area contributed by atoms with E-state index in [9.17, 15) is 43.9 Å². The molecule has 59 heavy (non-hydrogen) atoms. The summed E-state index contributed by atoms with van der Waals surface area (Å²) < 4.78 is 218. The Morgan fingerprint density at radius 1 is 0.492 bits per heavy atom. The molecule has 0 atom stereocenters. The Kier molecular flexibility index (Phi) is 11.9. The lowest BCUT2D eigenvalue weighted by Crippen LogP contribution is -2.39. The third kappa shape index (κ3) is 7.83. The molecule has 304 valence electrons. The first-order valence-electron chi connectivity index (χ1n) is 16.5. The van der Waals surface area contributed by atoms with Gasteiger partial charge in [0.05, 0.1) is 5.69 Å². The molecule has 0 saturated carbocycles. The first-order chi connectivity index (χ1) is 28.0. The second kappa shape index (κ2) is 16.7. The lowest BCUT2D eigenvalue weighted by molar-refractivity contribution is 0.249. The van der Waals surface area contributed by atoms with Gasteiger partial charge in [0.15, 0.2) is 28.9 Å². The maximum Gasteiger partial charge on any atom is 0.864 e. The van der Waals surface area contributed by atoms with Crippen molar-refractivity contribution >= 4 is 30.5 Å². The van der Waals surface area contributed by atoms with Gasteiger partial charge < -0.3 is 18.9 Å². The van der Waals surface area contributed by atoms with Crippen LogP contribution < -0.4 is 18.9 Å². The molecule has 0 heterocycles. The molecule has 0 aliphatic heterocycles. The summed E-state index contributed by atoms with van der Waals surface area (Å²) in [4.78, 5) is 1.65. The van der Waals surface area contributed by atoms with Gasteiger partial charge in [0.2, 0.25) is 69.8 Å². The molecule has 6 rings (SSSR count). The van der Waals surface area contributed by atoms with Gasteiger partial charge in [0, 0.05) is 23.4 Å². The lowest BCUT2D eigenvalue weighted by atomic mass is 9.98. The van der Waals surface area contributed by atoms with Gasteiger partial charge >= 0.3 is 7.32 Å². The van der Waals surface area contributed by atoms with Crippen molar-refractivity contribution in [3.05, 3.63) is 183 Å². The van der Waals surface area contributed by atoms with Gasteiger partial charge in [-0.3, -0.25) is 0 Å². The molecular formula is C40H20BF14NO3. The zero-order chi connectivity index (χ0) is 43.0. The number of hydrogen-bond donors (Lipinski definition) is 0. The third-order valence-corrected chi connectivity index (χ3v) is 8.56. The van der Waals surface area contributed by atoms with Crippen LogP contribution in [-0.2, 0) is 6.42 Å². The second-order valence-corrected chi connectivity index (χ2v) is 12.3. The average Bonchev–Trinajstić information content (AvgIpc) is 3.24. The highest BCUT2D eigenvalue weighted by Crippen LogP contribution is 2.41. The Hall–Kier alpha value is -6.66. The lowest BCUT2D eigenvalue weighted by Gasteiger charge is -2.28. The average molecular weight is 839 g/mol. The molecule has 0 saturated heterocycles. The van der Waals surface area contributed by atoms with Gasteiger partial charge in [-0.05, 0) is 48.4 Å². The number of hydrogen-bond acceptors (Lipinski definition) is 4. The number of aryl methyl sites for hydroxylation is 1. The molecule has 0 bridgehead atoms. The van der Waals surface area contributed by atoms with Crippen LogP contribution in [0.4, 0.5) is 78.5 Å². The van der Waals surface area contributed by atoms with Gasteiger partial charge in [0.1, 0.15) is 0 Å². The van der Waals surface area contributed by atoms with E-state index in [1.54, 1.807) is 65.6 Å². The fraction of sp³-hybridized carbons (Fsp3) is 0.0500. The summed E-state index contributed by atoms with van der Waals surface area (Å²) in [7, 11) is -3.72. The van der Waals surface area contributed by atoms with Crippen LogP contribution in [-0.4, -0.2) is 7.32 Å². The van der Waals surface area contributed by atoms with Gasteiger partial charge in [-0.25, -0.2) is 35.1 Å². The normalized spacial score (nSPS) is 11.1. The largest absolute Gasteiger partial charge is 0.864 e. The van der Waals surface area contributed by atoms with Gasteiger partial charge in [-0.1, -0.05) is 60.7 Å². The van der Waals surface area contributed by atoms with Gasteiger partial charge in [-0.2, -0.15) is 26.3 Å². The first-order valence-corrected chi connectivity index (χ1v) is 16.5. The Balaban J connectivity index is 1.47. The second-order valence-electron chi connectivity index (χ2n) is 12.3. The van der Waals surface area contributed by atoms with E-state index in [4.69, 9.17) is 0 Å². The maximum absolute atomic E-state index is 15.9. The van der Waals surface area contributed by atoms with Crippen LogP contribution in [0.5, 0.6) is 17.2 Å². The molecule has 0 radical (unpaired) electrons. The SMILES string of the molecule is C=Cc1ccc(Cc2c(F)c(F)c(OB(Oc3c(F)c(F)c(F)c(F)c3F)Oc3c(F)c(F)c(F)c(F)c3F)c(F)c2F)c(N(c2ccccc2)c2ccc(C)cc2)c1. The summed E-state index contributed by atoms with van der Waals surface area (Å²) in [5.74, 6) is -44.7. The Labute approximate surface area is 324 Å². The number of halogens is 14. The minimum absolute atomic E-state index is 0.0347. The van der Waals surface area contributed by atoms with Gasteiger partial charge in [-0.15, -0.1) is 0 Å². The highest BCUT2D eigenvalue weighted by molar-refractivity contribution is 6.39. The molecular weight excluding hydrogens is 819 g/mol. The molecule has 0 aliphatic carbocycles. The summed E-state index contributed by atoms with van der Waals surface area (Å²) in [5, 5.41) is 0. The topological polar surface area (TPSA) is 30.9 Å².